The molecule has 26 heavy (non-hydrogen) atoms. The van der Waals surface area contributed by atoms with Crippen LogP contribution in [0.5, 0.6) is 0 Å². The van der Waals surface area contributed by atoms with Crippen LogP contribution < -0.4 is 10.8 Å². The highest BCUT2D eigenvalue weighted by Gasteiger charge is 2.09. The lowest BCUT2D eigenvalue weighted by Crippen LogP contribution is -2.32. The third-order valence-electron chi connectivity index (χ3n) is 3.54. The largest absolute Gasteiger partial charge is 0.367 e. The molecule has 0 radical (unpaired) electrons. The SMILES string of the molecule is CC(=O)N(CCNc1cnc(/C=C/C(=O)NO)cn1)Cc1ccccc1. The first-order chi connectivity index (χ1) is 12.6. The number of nitrogens with zero attached hydrogens (tertiary/aromatic N) is 3. The summed E-state index contributed by atoms with van der Waals surface area (Å²) >= 11 is 0. The summed E-state index contributed by atoms with van der Waals surface area (Å²) in [4.78, 5) is 32.8. The van der Waals surface area contributed by atoms with E-state index in [1.54, 1.807) is 11.8 Å². The normalized spacial score (nSPS) is 10.5. The van der Waals surface area contributed by atoms with Crippen molar-refractivity contribution in [3.63, 3.8) is 0 Å². The molecule has 2 rings (SSSR count). The van der Waals surface area contributed by atoms with Crippen LogP contribution in [0.3, 0.4) is 0 Å². The Bertz CT molecular complexity index is 747. The second kappa shape index (κ2) is 9.90. The van der Waals surface area contributed by atoms with E-state index in [2.05, 4.69) is 15.3 Å². The zero-order chi connectivity index (χ0) is 18.8. The fourth-order valence-corrected chi connectivity index (χ4v) is 2.18. The molecular weight excluding hydrogens is 334 g/mol. The Balaban J connectivity index is 1.84. The van der Waals surface area contributed by atoms with Gasteiger partial charge in [-0.3, -0.25) is 19.8 Å². The third-order valence-corrected chi connectivity index (χ3v) is 3.54. The van der Waals surface area contributed by atoms with Crippen LogP contribution in [0.1, 0.15) is 18.2 Å². The number of hydrogen-bond acceptors (Lipinski definition) is 6. The molecular formula is C18H21N5O3. The molecule has 1 aromatic carbocycles. The van der Waals surface area contributed by atoms with E-state index in [-0.39, 0.29) is 5.91 Å². The van der Waals surface area contributed by atoms with Crippen molar-refractivity contribution in [2.75, 3.05) is 18.4 Å². The molecule has 1 heterocycles. The predicted molar refractivity (Wildman–Crippen MR) is 97.0 cm³/mol. The van der Waals surface area contributed by atoms with Crippen molar-refractivity contribution in [2.24, 2.45) is 0 Å². The lowest BCUT2D eigenvalue weighted by Gasteiger charge is -2.21. The Morgan fingerprint density at radius 3 is 2.58 bits per heavy atom. The smallest absolute Gasteiger partial charge is 0.267 e. The fraction of sp³-hybridized carbons (Fsp3) is 0.222. The molecule has 2 amide bonds. The van der Waals surface area contributed by atoms with Gasteiger partial charge in [0.25, 0.3) is 5.91 Å². The van der Waals surface area contributed by atoms with Gasteiger partial charge in [-0.05, 0) is 11.6 Å². The second-order valence-electron chi connectivity index (χ2n) is 5.49. The molecule has 0 unspecified atom stereocenters. The summed E-state index contributed by atoms with van der Waals surface area (Å²) in [7, 11) is 0. The van der Waals surface area contributed by atoms with Crippen LogP contribution in [0, 0.1) is 0 Å². The van der Waals surface area contributed by atoms with Gasteiger partial charge in [-0.15, -0.1) is 0 Å². The molecule has 0 saturated heterocycles. The number of carbonyl (C=O) groups excluding carboxylic acids is 2. The highest BCUT2D eigenvalue weighted by Crippen LogP contribution is 2.06. The summed E-state index contributed by atoms with van der Waals surface area (Å²) < 4.78 is 0. The van der Waals surface area contributed by atoms with Crippen LogP contribution in [0.2, 0.25) is 0 Å². The zero-order valence-electron chi connectivity index (χ0n) is 14.4. The highest BCUT2D eigenvalue weighted by atomic mass is 16.5. The number of hydrogen-bond donors (Lipinski definition) is 3. The van der Waals surface area contributed by atoms with Crippen LogP contribution in [-0.4, -0.2) is 45.0 Å². The van der Waals surface area contributed by atoms with Gasteiger partial charge in [0, 0.05) is 32.6 Å². The second-order valence-corrected chi connectivity index (χ2v) is 5.49. The minimum absolute atomic E-state index is 0.00406. The van der Waals surface area contributed by atoms with Crippen molar-refractivity contribution < 1.29 is 14.8 Å². The topological polar surface area (TPSA) is 107 Å². The van der Waals surface area contributed by atoms with Gasteiger partial charge < -0.3 is 10.2 Å². The number of benzene rings is 1. The molecule has 0 saturated carbocycles. The van der Waals surface area contributed by atoms with E-state index < -0.39 is 5.91 Å². The van der Waals surface area contributed by atoms with E-state index in [4.69, 9.17) is 5.21 Å². The van der Waals surface area contributed by atoms with Crippen LogP contribution in [0.25, 0.3) is 6.08 Å². The zero-order valence-corrected chi connectivity index (χ0v) is 14.4. The molecule has 0 aliphatic carbocycles. The number of rotatable bonds is 8. The Labute approximate surface area is 151 Å². The first kappa shape index (κ1) is 19.1. The summed E-state index contributed by atoms with van der Waals surface area (Å²) in [5.41, 5.74) is 3.05. The van der Waals surface area contributed by atoms with E-state index in [9.17, 15) is 9.59 Å². The maximum atomic E-state index is 11.8. The van der Waals surface area contributed by atoms with Gasteiger partial charge in [-0.25, -0.2) is 10.5 Å². The lowest BCUT2D eigenvalue weighted by molar-refractivity contribution is -0.129. The van der Waals surface area contributed by atoms with Crippen LogP contribution in [-0.2, 0) is 16.1 Å². The lowest BCUT2D eigenvalue weighted by atomic mass is 10.2. The van der Waals surface area contributed by atoms with Gasteiger partial charge in [-0.2, -0.15) is 0 Å². The molecule has 1 aromatic heterocycles. The van der Waals surface area contributed by atoms with Gasteiger partial charge in [0.2, 0.25) is 5.91 Å². The molecule has 8 nitrogen and oxygen atoms in total. The Morgan fingerprint density at radius 1 is 1.19 bits per heavy atom. The van der Waals surface area contributed by atoms with Gasteiger partial charge in [-0.1, -0.05) is 30.3 Å². The fourth-order valence-electron chi connectivity index (χ4n) is 2.18. The van der Waals surface area contributed by atoms with E-state index in [0.717, 1.165) is 11.6 Å². The van der Waals surface area contributed by atoms with Crippen molar-refractivity contribution in [1.29, 1.82) is 0 Å². The Hall–Kier alpha value is -3.26. The van der Waals surface area contributed by atoms with Crippen molar-refractivity contribution in [1.82, 2.24) is 20.3 Å². The minimum Gasteiger partial charge on any atom is -0.367 e. The number of hydroxylamine groups is 1. The van der Waals surface area contributed by atoms with E-state index in [0.29, 0.717) is 31.1 Å². The minimum atomic E-state index is -0.642. The van der Waals surface area contributed by atoms with Crippen molar-refractivity contribution >= 4 is 23.7 Å². The summed E-state index contributed by atoms with van der Waals surface area (Å²) in [5.74, 6) is -0.0712. The number of aromatic nitrogens is 2. The molecule has 0 fully saturated rings. The number of carbonyl (C=O) groups is 2. The van der Waals surface area contributed by atoms with Crippen LogP contribution >= 0.6 is 0 Å². The molecule has 0 spiro atoms. The van der Waals surface area contributed by atoms with E-state index >= 15 is 0 Å². The van der Waals surface area contributed by atoms with Crippen molar-refractivity contribution in [2.45, 2.75) is 13.5 Å². The summed E-state index contributed by atoms with van der Waals surface area (Å²) in [5, 5.41) is 11.5. The number of anilines is 1. The monoisotopic (exact) mass is 355 g/mol. The average molecular weight is 355 g/mol. The van der Waals surface area contributed by atoms with Gasteiger partial charge in [0.15, 0.2) is 0 Å². The predicted octanol–water partition coefficient (Wildman–Crippen LogP) is 1.46. The number of amides is 2. The standard InChI is InChI=1S/C18H21N5O3/c1-14(24)23(13-15-5-3-2-4-6-15)10-9-19-17-12-20-16(11-21-17)7-8-18(25)22-26/h2-8,11-12,26H,9-10,13H2,1H3,(H,19,21)(H,22,25)/b8-7+. The summed E-state index contributed by atoms with van der Waals surface area (Å²) in [6.45, 7) is 3.17. The van der Waals surface area contributed by atoms with Gasteiger partial charge >= 0.3 is 0 Å². The highest BCUT2D eigenvalue weighted by molar-refractivity contribution is 5.90. The molecule has 8 heteroatoms. The number of nitrogens with one attached hydrogen (secondary N) is 2. The van der Waals surface area contributed by atoms with E-state index in [1.165, 1.54) is 23.9 Å². The molecule has 0 aliphatic heterocycles. The maximum absolute atomic E-state index is 11.8. The molecule has 3 N–H and O–H groups in total. The molecule has 0 aliphatic rings. The van der Waals surface area contributed by atoms with Gasteiger partial charge in [0.05, 0.1) is 18.1 Å². The van der Waals surface area contributed by atoms with Crippen molar-refractivity contribution in [3.8, 4) is 0 Å². The van der Waals surface area contributed by atoms with Gasteiger partial charge in [0.1, 0.15) is 5.82 Å². The summed E-state index contributed by atoms with van der Waals surface area (Å²) in [6, 6.07) is 9.80. The first-order valence-corrected chi connectivity index (χ1v) is 8.06. The van der Waals surface area contributed by atoms with E-state index in [1.807, 2.05) is 30.3 Å². The molecule has 2 aromatic rings. The van der Waals surface area contributed by atoms with Crippen LogP contribution in [0.15, 0.2) is 48.8 Å². The van der Waals surface area contributed by atoms with Crippen LogP contribution in [0.4, 0.5) is 5.82 Å². The Morgan fingerprint density at radius 2 is 1.96 bits per heavy atom. The third kappa shape index (κ3) is 6.33. The van der Waals surface area contributed by atoms with Crippen molar-refractivity contribution in [3.05, 3.63) is 60.1 Å². The maximum Gasteiger partial charge on any atom is 0.267 e. The summed E-state index contributed by atoms with van der Waals surface area (Å²) in [6.07, 6.45) is 5.60. The average Bonchev–Trinajstić information content (AvgIpc) is 2.67. The first-order valence-electron chi connectivity index (χ1n) is 8.06. The Kier molecular flexibility index (Phi) is 7.26. The molecule has 0 bridgehead atoms. The quantitative estimate of drug-likeness (QED) is 0.376. The molecule has 136 valence electrons. The molecule has 0 atom stereocenters.